The molecular formula is C42H66N2O6. The summed E-state index contributed by atoms with van der Waals surface area (Å²) in [4.78, 5) is 25.8. The van der Waals surface area contributed by atoms with Gasteiger partial charge in [0.2, 0.25) is 5.91 Å². The van der Waals surface area contributed by atoms with Gasteiger partial charge in [-0.1, -0.05) is 127 Å². The normalized spacial score (nSPS) is 17.6. The molecule has 0 spiro atoms. The Balaban J connectivity index is 1.64. The summed E-state index contributed by atoms with van der Waals surface area (Å²) in [7, 11) is 0. The summed E-state index contributed by atoms with van der Waals surface area (Å²) in [5, 5.41) is 21.4. The van der Waals surface area contributed by atoms with E-state index in [1.54, 1.807) is 0 Å². The standard InChI is InChI=1S/C42H66N2O6/c1-3-5-7-9-13-17-29-44(30-18-14-10-8-6-4-2)32-38-31-39(35-23-21-34(33-45)22-24-35)50-42(49-38)36-25-27-37(28-26-36)43-40(46)19-15-11-12-16-20-41(47)48/h21-28,38-39,42,45H,3-20,29-33H2,1-2H3,(H,43,46)(H,47,48)/t38-,39+,42+/m0/s1. The molecule has 8 heteroatoms. The SMILES string of the molecule is CCCCCCCCN(CCCCCCCC)C[C@@H]1C[C@H](c2ccc(CO)cc2)O[C@H](c2ccc(NC(=O)CCCCCCC(=O)O)cc2)O1. The Morgan fingerprint density at radius 1 is 0.700 bits per heavy atom. The van der Waals surface area contributed by atoms with Gasteiger partial charge < -0.3 is 29.9 Å². The molecule has 1 saturated heterocycles. The number of aliphatic hydroxyl groups excluding tert-OH is 1. The molecule has 1 fully saturated rings. The molecule has 1 heterocycles. The molecule has 0 bridgehead atoms. The van der Waals surface area contributed by atoms with E-state index in [4.69, 9.17) is 14.6 Å². The number of hydrogen-bond acceptors (Lipinski definition) is 6. The van der Waals surface area contributed by atoms with Crippen LogP contribution in [0.3, 0.4) is 0 Å². The number of rotatable bonds is 27. The zero-order valence-electron chi connectivity index (χ0n) is 31.1. The second-order valence-electron chi connectivity index (χ2n) is 14.2. The van der Waals surface area contributed by atoms with E-state index in [0.29, 0.717) is 12.8 Å². The van der Waals surface area contributed by atoms with E-state index in [1.165, 1.54) is 77.0 Å². The van der Waals surface area contributed by atoms with Crippen LogP contribution < -0.4 is 5.32 Å². The van der Waals surface area contributed by atoms with Crippen molar-refractivity contribution in [2.75, 3.05) is 25.0 Å². The molecule has 1 aliphatic heterocycles. The second-order valence-corrected chi connectivity index (χ2v) is 14.2. The van der Waals surface area contributed by atoms with Crippen LogP contribution in [0.4, 0.5) is 5.69 Å². The number of carbonyl (C=O) groups excluding carboxylic acids is 1. The maximum atomic E-state index is 12.5. The van der Waals surface area contributed by atoms with E-state index >= 15 is 0 Å². The number of unbranched alkanes of at least 4 members (excludes halogenated alkanes) is 13. The third-order valence-corrected chi connectivity index (χ3v) is 9.74. The Hall–Kier alpha value is -2.78. The molecule has 0 radical (unpaired) electrons. The van der Waals surface area contributed by atoms with E-state index in [9.17, 15) is 14.7 Å². The van der Waals surface area contributed by atoms with Gasteiger partial charge in [0.25, 0.3) is 0 Å². The summed E-state index contributed by atoms with van der Waals surface area (Å²) in [6, 6.07) is 15.8. The molecule has 3 rings (SSSR count). The van der Waals surface area contributed by atoms with Crippen molar-refractivity contribution in [3.05, 3.63) is 65.2 Å². The number of benzene rings is 2. The van der Waals surface area contributed by atoms with Crippen molar-refractivity contribution in [2.24, 2.45) is 0 Å². The topological polar surface area (TPSA) is 108 Å². The lowest BCUT2D eigenvalue weighted by Crippen LogP contribution is -2.40. The number of amides is 1. The predicted octanol–water partition coefficient (Wildman–Crippen LogP) is 10.1. The number of ether oxygens (including phenoxy) is 2. The molecule has 3 N–H and O–H groups in total. The zero-order valence-corrected chi connectivity index (χ0v) is 31.1. The molecule has 2 aromatic carbocycles. The molecule has 50 heavy (non-hydrogen) atoms. The van der Waals surface area contributed by atoms with Crippen LogP contribution in [0.1, 0.15) is 165 Å². The van der Waals surface area contributed by atoms with E-state index in [-0.39, 0.29) is 31.1 Å². The van der Waals surface area contributed by atoms with Gasteiger partial charge in [0.15, 0.2) is 6.29 Å². The zero-order chi connectivity index (χ0) is 35.8. The number of anilines is 1. The molecule has 0 unspecified atom stereocenters. The number of carboxylic acids is 1. The number of aliphatic hydroxyl groups is 1. The van der Waals surface area contributed by atoms with Crippen molar-refractivity contribution in [3.8, 4) is 0 Å². The first kappa shape index (κ1) is 41.6. The van der Waals surface area contributed by atoms with Crippen LogP contribution in [0.2, 0.25) is 0 Å². The third kappa shape index (κ3) is 17.0. The number of carbonyl (C=O) groups is 2. The number of nitrogens with one attached hydrogen (secondary N) is 1. The fourth-order valence-electron chi connectivity index (χ4n) is 6.71. The Kier molecular flexibility index (Phi) is 21.0. The lowest BCUT2D eigenvalue weighted by molar-refractivity contribution is -0.253. The van der Waals surface area contributed by atoms with Gasteiger partial charge in [0.05, 0.1) is 18.8 Å². The highest BCUT2D eigenvalue weighted by Gasteiger charge is 2.33. The summed E-state index contributed by atoms with van der Waals surface area (Å²) < 4.78 is 13.3. The van der Waals surface area contributed by atoms with Crippen molar-refractivity contribution in [3.63, 3.8) is 0 Å². The largest absolute Gasteiger partial charge is 0.481 e. The van der Waals surface area contributed by atoms with Gasteiger partial charge in [-0.2, -0.15) is 0 Å². The van der Waals surface area contributed by atoms with Crippen LogP contribution in [-0.2, 0) is 25.7 Å². The minimum absolute atomic E-state index is 0.00586. The molecule has 0 aliphatic carbocycles. The summed E-state index contributed by atoms with van der Waals surface area (Å²) >= 11 is 0. The quantitative estimate of drug-likeness (QED) is 0.0799. The minimum Gasteiger partial charge on any atom is -0.481 e. The highest BCUT2D eigenvalue weighted by Crippen LogP contribution is 2.38. The fraction of sp³-hybridized carbons (Fsp3) is 0.667. The first-order chi connectivity index (χ1) is 24.4. The smallest absolute Gasteiger partial charge is 0.303 e. The van der Waals surface area contributed by atoms with Gasteiger partial charge in [0.1, 0.15) is 0 Å². The van der Waals surface area contributed by atoms with E-state index in [1.807, 2.05) is 36.4 Å². The molecule has 8 nitrogen and oxygen atoms in total. The van der Waals surface area contributed by atoms with Crippen molar-refractivity contribution in [2.45, 2.75) is 161 Å². The number of nitrogens with zero attached hydrogens (tertiary/aromatic N) is 1. The van der Waals surface area contributed by atoms with Crippen molar-refractivity contribution < 1.29 is 29.3 Å². The first-order valence-electron chi connectivity index (χ1n) is 19.8. The van der Waals surface area contributed by atoms with Gasteiger partial charge in [-0.05, 0) is 62.0 Å². The molecule has 0 aromatic heterocycles. The van der Waals surface area contributed by atoms with Crippen LogP contribution in [0, 0.1) is 0 Å². The molecular weight excluding hydrogens is 628 g/mol. The van der Waals surface area contributed by atoms with Gasteiger partial charge in [-0.15, -0.1) is 0 Å². The molecule has 1 aliphatic rings. The highest BCUT2D eigenvalue weighted by molar-refractivity contribution is 5.90. The third-order valence-electron chi connectivity index (χ3n) is 9.74. The lowest BCUT2D eigenvalue weighted by atomic mass is 9.99. The monoisotopic (exact) mass is 694 g/mol. The maximum Gasteiger partial charge on any atom is 0.303 e. The fourth-order valence-corrected chi connectivity index (χ4v) is 6.71. The average molecular weight is 695 g/mol. The minimum atomic E-state index is -0.771. The molecule has 2 aromatic rings. The first-order valence-corrected chi connectivity index (χ1v) is 19.8. The Morgan fingerprint density at radius 2 is 1.24 bits per heavy atom. The Labute approximate surface area is 302 Å². The summed E-state index contributed by atoms with van der Waals surface area (Å²) in [6.45, 7) is 7.62. The Bertz CT molecular complexity index is 1170. The van der Waals surface area contributed by atoms with Crippen molar-refractivity contribution in [1.82, 2.24) is 4.90 Å². The van der Waals surface area contributed by atoms with Crippen molar-refractivity contribution in [1.29, 1.82) is 0 Å². The Morgan fingerprint density at radius 3 is 1.82 bits per heavy atom. The maximum absolute atomic E-state index is 12.5. The number of carboxylic acid groups (broad SMARTS) is 1. The summed E-state index contributed by atoms with van der Waals surface area (Å²) in [6.07, 6.45) is 19.2. The van der Waals surface area contributed by atoms with Crippen LogP contribution in [0.15, 0.2) is 48.5 Å². The highest BCUT2D eigenvalue weighted by atomic mass is 16.7. The summed E-state index contributed by atoms with van der Waals surface area (Å²) in [5.41, 5.74) is 3.62. The van der Waals surface area contributed by atoms with Crippen LogP contribution in [0.5, 0.6) is 0 Å². The second kappa shape index (κ2) is 25.2. The van der Waals surface area contributed by atoms with E-state index in [2.05, 4.69) is 36.2 Å². The summed E-state index contributed by atoms with van der Waals surface area (Å²) in [5.74, 6) is -0.810. The van der Waals surface area contributed by atoms with Gasteiger partial charge in [0, 0.05) is 37.1 Å². The van der Waals surface area contributed by atoms with E-state index < -0.39 is 12.3 Å². The number of aliphatic carboxylic acids is 1. The van der Waals surface area contributed by atoms with Gasteiger partial charge in [-0.3, -0.25) is 9.59 Å². The van der Waals surface area contributed by atoms with Gasteiger partial charge in [-0.25, -0.2) is 0 Å². The molecule has 1 amide bonds. The predicted molar refractivity (Wildman–Crippen MR) is 202 cm³/mol. The van der Waals surface area contributed by atoms with Gasteiger partial charge >= 0.3 is 5.97 Å². The average Bonchev–Trinajstić information content (AvgIpc) is 3.12. The van der Waals surface area contributed by atoms with Crippen LogP contribution in [-0.4, -0.2) is 52.7 Å². The molecule has 280 valence electrons. The lowest BCUT2D eigenvalue weighted by Gasteiger charge is -2.38. The van der Waals surface area contributed by atoms with Crippen molar-refractivity contribution >= 4 is 17.6 Å². The molecule has 0 saturated carbocycles. The van der Waals surface area contributed by atoms with Crippen LogP contribution in [0.25, 0.3) is 0 Å². The van der Waals surface area contributed by atoms with Crippen LogP contribution >= 0.6 is 0 Å². The number of hydrogen-bond donors (Lipinski definition) is 3. The van der Waals surface area contributed by atoms with E-state index in [0.717, 1.165) is 67.7 Å². The molecule has 3 atom stereocenters.